The van der Waals surface area contributed by atoms with Crippen LogP contribution >= 0.6 is 27.3 Å². The number of benzene rings is 2. The molecule has 0 spiro atoms. The Morgan fingerprint density at radius 2 is 1.70 bits per heavy atom. The summed E-state index contributed by atoms with van der Waals surface area (Å²) in [4.78, 5) is 44.4. The normalized spacial score (nSPS) is 14.5. The van der Waals surface area contributed by atoms with Gasteiger partial charge in [-0.1, -0.05) is 39.4 Å². The van der Waals surface area contributed by atoms with Gasteiger partial charge in [-0.2, -0.15) is 0 Å². The van der Waals surface area contributed by atoms with E-state index in [0.717, 1.165) is 11.3 Å². The topological polar surface area (TPSA) is 124 Å². The van der Waals surface area contributed by atoms with Crippen LogP contribution in [0.3, 0.4) is 0 Å². The highest BCUT2D eigenvalue weighted by atomic mass is 79.9. The lowest BCUT2D eigenvalue weighted by Gasteiger charge is -2.26. The van der Waals surface area contributed by atoms with Crippen LogP contribution in [-0.4, -0.2) is 57.7 Å². The zero-order valence-corrected chi connectivity index (χ0v) is 26.9. The number of thiazole rings is 1. The number of carbonyl (C=O) groups excluding carboxylic acids is 2. The van der Waals surface area contributed by atoms with Crippen LogP contribution in [0, 0.1) is 0 Å². The van der Waals surface area contributed by atoms with Crippen molar-refractivity contribution in [2.24, 2.45) is 4.99 Å². The maximum atomic E-state index is 14.1. The minimum atomic E-state index is -0.892. The summed E-state index contributed by atoms with van der Waals surface area (Å²) in [6.45, 7) is 5.13. The number of esters is 2. The molecule has 0 saturated carbocycles. The fraction of sp³-hybridized carbons (Fsp3) is 0.333. The Balaban J connectivity index is 1.95. The van der Waals surface area contributed by atoms with E-state index in [9.17, 15) is 14.4 Å². The molecule has 0 unspecified atom stereocenters. The van der Waals surface area contributed by atoms with Gasteiger partial charge in [0.2, 0.25) is 0 Å². The number of ether oxygens (including phenoxy) is 6. The lowest BCUT2D eigenvalue weighted by atomic mass is 9.95. The summed E-state index contributed by atoms with van der Waals surface area (Å²) >= 11 is 4.74. The standard InChI is InChI=1S/C30H31BrN2O9S/c1-7-40-24(34)15-42-27-17(10-9-11-20(27)37-4)12-23-28(35)33-26(18-13-21(38-5)22(39-6)14-19(18)31)25(29(36)41-8-2)16(3)32-30(33)43-23/h9-14,26H,7-8,15H2,1-6H3/b23-12-/t26-/m1/s1. The first-order valence-electron chi connectivity index (χ1n) is 13.2. The number of nitrogens with zero attached hydrogens (tertiary/aromatic N) is 2. The van der Waals surface area contributed by atoms with Crippen LogP contribution in [-0.2, 0) is 19.1 Å². The molecule has 13 heteroatoms. The molecule has 11 nitrogen and oxygen atoms in total. The first kappa shape index (κ1) is 31.8. The molecule has 0 N–H and O–H groups in total. The van der Waals surface area contributed by atoms with Crippen LogP contribution in [0.2, 0.25) is 0 Å². The van der Waals surface area contributed by atoms with E-state index in [1.54, 1.807) is 57.2 Å². The third-order valence-corrected chi connectivity index (χ3v) is 8.14. The Morgan fingerprint density at radius 1 is 1.02 bits per heavy atom. The minimum Gasteiger partial charge on any atom is -0.493 e. The Labute approximate surface area is 260 Å². The average Bonchev–Trinajstić information content (AvgIpc) is 3.29. The van der Waals surface area contributed by atoms with Crippen LogP contribution < -0.4 is 33.8 Å². The molecule has 0 amide bonds. The molecule has 1 aliphatic rings. The summed E-state index contributed by atoms with van der Waals surface area (Å²) < 4.78 is 34.9. The Kier molecular flexibility index (Phi) is 10.3. The van der Waals surface area contributed by atoms with E-state index >= 15 is 0 Å². The van der Waals surface area contributed by atoms with Crippen molar-refractivity contribution in [1.82, 2.24) is 4.57 Å². The van der Waals surface area contributed by atoms with E-state index in [0.29, 0.717) is 47.9 Å². The minimum absolute atomic E-state index is 0.143. The van der Waals surface area contributed by atoms with Gasteiger partial charge < -0.3 is 28.4 Å². The van der Waals surface area contributed by atoms with Gasteiger partial charge in [-0.15, -0.1) is 0 Å². The third-order valence-electron chi connectivity index (χ3n) is 6.47. The lowest BCUT2D eigenvalue weighted by Crippen LogP contribution is -2.40. The SMILES string of the molecule is CCOC(=O)COc1c(/C=c2\sc3n(c2=O)[C@H](c2cc(OC)c(OC)cc2Br)C(C(=O)OCC)=C(C)N=3)cccc1OC. The second kappa shape index (κ2) is 13.9. The molecule has 0 fully saturated rings. The maximum Gasteiger partial charge on any atom is 0.344 e. The second-order valence-electron chi connectivity index (χ2n) is 9.00. The van der Waals surface area contributed by atoms with Crippen molar-refractivity contribution in [3.05, 3.63) is 76.9 Å². The van der Waals surface area contributed by atoms with E-state index in [1.165, 1.54) is 25.9 Å². The monoisotopic (exact) mass is 674 g/mol. The fourth-order valence-electron chi connectivity index (χ4n) is 4.60. The smallest absolute Gasteiger partial charge is 0.344 e. The van der Waals surface area contributed by atoms with Crippen molar-refractivity contribution >= 4 is 45.3 Å². The number of aromatic nitrogens is 1. The van der Waals surface area contributed by atoms with Gasteiger partial charge in [0, 0.05) is 10.0 Å². The van der Waals surface area contributed by atoms with Gasteiger partial charge in [0.25, 0.3) is 5.56 Å². The Bertz CT molecular complexity index is 1760. The molecule has 4 rings (SSSR count). The number of carbonyl (C=O) groups is 2. The number of hydrogen-bond acceptors (Lipinski definition) is 11. The van der Waals surface area contributed by atoms with E-state index in [1.807, 2.05) is 0 Å². The zero-order valence-electron chi connectivity index (χ0n) is 24.5. The molecule has 2 heterocycles. The van der Waals surface area contributed by atoms with Crippen LogP contribution in [0.4, 0.5) is 0 Å². The Hall–Kier alpha value is -4.10. The zero-order chi connectivity index (χ0) is 31.3. The number of fused-ring (bicyclic) bond motifs is 1. The number of hydrogen-bond donors (Lipinski definition) is 0. The molecule has 0 bridgehead atoms. The summed E-state index contributed by atoms with van der Waals surface area (Å²) in [5.41, 5.74) is 1.30. The van der Waals surface area contributed by atoms with Crippen molar-refractivity contribution in [3.63, 3.8) is 0 Å². The molecule has 228 valence electrons. The number of halogens is 1. The van der Waals surface area contributed by atoms with Crippen molar-refractivity contribution in [1.29, 1.82) is 0 Å². The molecule has 1 aromatic heterocycles. The highest BCUT2D eigenvalue weighted by Crippen LogP contribution is 2.41. The molecule has 0 saturated heterocycles. The van der Waals surface area contributed by atoms with Gasteiger partial charge in [-0.05, 0) is 50.6 Å². The summed E-state index contributed by atoms with van der Waals surface area (Å²) in [5, 5.41) is 0. The summed E-state index contributed by atoms with van der Waals surface area (Å²) in [6, 6.07) is 7.70. The highest BCUT2D eigenvalue weighted by molar-refractivity contribution is 9.10. The predicted octanol–water partition coefficient (Wildman–Crippen LogP) is 3.53. The summed E-state index contributed by atoms with van der Waals surface area (Å²) in [7, 11) is 4.50. The van der Waals surface area contributed by atoms with Gasteiger partial charge in [0.05, 0.1) is 56.4 Å². The molecular weight excluding hydrogens is 644 g/mol. The van der Waals surface area contributed by atoms with E-state index in [4.69, 9.17) is 28.4 Å². The number of methoxy groups -OCH3 is 3. The van der Waals surface area contributed by atoms with Crippen molar-refractivity contribution in [3.8, 4) is 23.0 Å². The number of allylic oxidation sites excluding steroid dienone is 1. The first-order chi connectivity index (χ1) is 20.7. The van der Waals surface area contributed by atoms with Crippen LogP contribution in [0.25, 0.3) is 6.08 Å². The second-order valence-corrected chi connectivity index (χ2v) is 10.9. The average molecular weight is 676 g/mol. The van der Waals surface area contributed by atoms with Crippen molar-refractivity contribution < 1.29 is 38.0 Å². The van der Waals surface area contributed by atoms with Crippen molar-refractivity contribution in [2.75, 3.05) is 41.2 Å². The van der Waals surface area contributed by atoms with Gasteiger partial charge in [-0.3, -0.25) is 9.36 Å². The largest absolute Gasteiger partial charge is 0.493 e. The molecule has 0 radical (unpaired) electrons. The quantitative estimate of drug-likeness (QED) is 0.281. The van der Waals surface area contributed by atoms with E-state index in [-0.39, 0.29) is 31.1 Å². The molecular formula is C30H31BrN2O9S. The third kappa shape index (κ3) is 6.47. The van der Waals surface area contributed by atoms with Crippen molar-refractivity contribution in [2.45, 2.75) is 26.8 Å². The van der Waals surface area contributed by atoms with Gasteiger partial charge >= 0.3 is 11.9 Å². The van der Waals surface area contributed by atoms with E-state index < -0.39 is 23.5 Å². The molecule has 1 aliphatic heterocycles. The van der Waals surface area contributed by atoms with Gasteiger partial charge in [0.1, 0.15) is 0 Å². The molecule has 1 atom stereocenters. The Morgan fingerprint density at radius 3 is 2.35 bits per heavy atom. The van der Waals surface area contributed by atoms with Gasteiger partial charge in [0.15, 0.2) is 34.4 Å². The summed E-state index contributed by atoms with van der Waals surface area (Å²) in [5.74, 6) is 0.399. The molecule has 43 heavy (non-hydrogen) atoms. The van der Waals surface area contributed by atoms with Crippen LogP contribution in [0.15, 0.2) is 55.9 Å². The van der Waals surface area contributed by atoms with E-state index in [2.05, 4.69) is 20.9 Å². The molecule has 2 aromatic carbocycles. The van der Waals surface area contributed by atoms with Crippen LogP contribution in [0.1, 0.15) is 37.9 Å². The first-order valence-corrected chi connectivity index (χ1v) is 14.9. The molecule has 0 aliphatic carbocycles. The predicted molar refractivity (Wildman–Crippen MR) is 163 cm³/mol. The number of para-hydroxylation sites is 1. The van der Waals surface area contributed by atoms with Gasteiger partial charge in [-0.25, -0.2) is 14.6 Å². The maximum absolute atomic E-state index is 14.1. The molecule has 3 aromatic rings. The number of rotatable bonds is 11. The fourth-order valence-corrected chi connectivity index (χ4v) is 6.18. The summed E-state index contributed by atoms with van der Waals surface area (Å²) in [6.07, 6.45) is 1.64. The lowest BCUT2D eigenvalue weighted by molar-refractivity contribution is -0.145. The van der Waals surface area contributed by atoms with Crippen LogP contribution in [0.5, 0.6) is 23.0 Å². The highest BCUT2D eigenvalue weighted by Gasteiger charge is 2.35.